The lowest BCUT2D eigenvalue weighted by Crippen LogP contribution is -2.39. The highest BCUT2D eigenvalue weighted by Gasteiger charge is 2.32. The van der Waals surface area contributed by atoms with Gasteiger partial charge in [0.25, 0.3) is 0 Å². The third-order valence-corrected chi connectivity index (χ3v) is 7.77. The molecule has 6 rings (SSSR count). The van der Waals surface area contributed by atoms with E-state index in [1.807, 2.05) is 4.90 Å². The fourth-order valence-corrected chi connectivity index (χ4v) is 5.74. The van der Waals surface area contributed by atoms with Crippen LogP contribution in [0.15, 0.2) is 36.7 Å². The molecule has 3 aromatic rings. The second kappa shape index (κ2) is 10.7. The number of rotatable bonds is 4. The van der Waals surface area contributed by atoms with Crippen LogP contribution < -0.4 is 10.2 Å². The van der Waals surface area contributed by atoms with Crippen LogP contribution in [0.1, 0.15) is 50.1 Å². The number of carbonyl (C=O) groups excluding carboxylic acids is 2. The van der Waals surface area contributed by atoms with E-state index >= 15 is 0 Å². The first-order valence-electron chi connectivity index (χ1n) is 13.5. The Balaban J connectivity index is 1.13. The van der Waals surface area contributed by atoms with Crippen molar-refractivity contribution in [1.29, 1.82) is 0 Å². The van der Waals surface area contributed by atoms with Crippen molar-refractivity contribution in [3.63, 3.8) is 0 Å². The fraction of sp³-hybridized carbons (Fsp3) is 0.481. The Labute approximate surface area is 224 Å². The van der Waals surface area contributed by atoms with Crippen LogP contribution in [0.3, 0.4) is 0 Å². The van der Waals surface area contributed by atoms with Gasteiger partial charge in [0.2, 0.25) is 0 Å². The van der Waals surface area contributed by atoms with Crippen LogP contribution in [0.25, 0.3) is 5.65 Å². The first-order valence-corrected chi connectivity index (χ1v) is 13.5. The number of nitrogens with zero attached hydrogens (tertiary/aromatic N) is 6. The topological polar surface area (TPSA) is 95.3 Å². The van der Waals surface area contributed by atoms with Crippen LogP contribution in [0, 0.1) is 11.6 Å². The number of benzene rings is 1. The number of aromatic nitrogens is 3. The summed E-state index contributed by atoms with van der Waals surface area (Å²) in [4.78, 5) is 35.5. The van der Waals surface area contributed by atoms with Crippen LogP contribution >= 0.6 is 0 Å². The number of piperidine rings is 1. The van der Waals surface area contributed by atoms with Gasteiger partial charge in [-0.25, -0.2) is 27.9 Å². The second-order valence-corrected chi connectivity index (χ2v) is 10.3. The Bertz CT molecular complexity index is 1380. The minimum absolute atomic E-state index is 0.306. The Morgan fingerprint density at radius 2 is 1.82 bits per heavy atom. The molecule has 206 valence electrons. The lowest BCUT2D eigenvalue weighted by molar-refractivity contribution is 0.0620. The number of nitrogens with one attached hydrogen (secondary N) is 1. The number of fused-ring (bicyclic) bond motifs is 1. The van der Waals surface area contributed by atoms with Crippen molar-refractivity contribution in [2.75, 3.05) is 42.9 Å². The zero-order chi connectivity index (χ0) is 26.9. The van der Waals surface area contributed by atoms with E-state index in [0.717, 1.165) is 50.9 Å². The van der Waals surface area contributed by atoms with E-state index in [0.29, 0.717) is 55.2 Å². The molecular formula is C27H31F2N7O3. The van der Waals surface area contributed by atoms with Gasteiger partial charge >= 0.3 is 12.1 Å². The van der Waals surface area contributed by atoms with Crippen molar-refractivity contribution < 1.29 is 23.1 Å². The van der Waals surface area contributed by atoms with Gasteiger partial charge < -0.3 is 24.8 Å². The number of carbonyl (C=O) groups is 2. The molecule has 0 unspecified atom stereocenters. The van der Waals surface area contributed by atoms with Crippen molar-refractivity contribution in [1.82, 2.24) is 24.4 Å². The van der Waals surface area contributed by atoms with Crippen molar-refractivity contribution in [2.24, 2.45) is 0 Å². The standard InChI is InChI=1S/C27H31F2N7O3/c28-18-6-7-21(29)20(15-18)23-5-4-12-35(23)24-9-14-36-25(32-24)22(16-30-36)31-26(37)34-13-8-19(17-34)39-27(38)33-10-2-1-3-11-33/h6-7,9,14-16,19,23H,1-5,8,10-13,17H2,(H,31,37)/t19-,23+/m0/s1. The number of urea groups is 1. The number of anilines is 2. The van der Waals surface area contributed by atoms with Crippen molar-refractivity contribution in [2.45, 2.75) is 50.7 Å². The number of ether oxygens (including phenoxy) is 1. The summed E-state index contributed by atoms with van der Waals surface area (Å²) in [6.07, 6.45) is 7.80. The summed E-state index contributed by atoms with van der Waals surface area (Å²) < 4.78 is 35.6. The molecule has 0 aliphatic carbocycles. The van der Waals surface area contributed by atoms with E-state index < -0.39 is 11.6 Å². The van der Waals surface area contributed by atoms with Gasteiger partial charge in [0, 0.05) is 44.4 Å². The van der Waals surface area contributed by atoms with Crippen LogP contribution in [0.5, 0.6) is 0 Å². The summed E-state index contributed by atoms with van der Waals surface area (Å²) >= 11 is 0. The molecular weight excluding hydrogens is 508 g/mol. The SMILES string of the molecule is O=C(Nc1cnn2ccc(N3CCC[C@@H]3c3cc(F)ccc3F)nc12)N1CC[C@H](OC(=O)N2CCCCC2)C1. The van der Waals surface area contributed by atoms with Crippen LogP contribution in [-0.2, 0) is 4.74 Å². The van der Waals surface area contributed by atoms with E-state index in [4.69, 9.17) is 9.72 Å². The van der Waals surface area contributed by atoms with Gasteiger partial charge in [0.05, 0.1) is 18.8 Å². The van der Waals surface area contributed by atoms with Crippen LogP contribution in [0.4, 0.5) is 29.9 Å². The summed E-state index contributed by atoms with van der Waals surface area (Å²) in [5.74, 6) is -0.333. The molecule has 39 heavy (non-hydrogen) atoms. The highest BCUT2D eigenvalue weighted by atomic mass is 19.1. The maximum Gasteiger partial charge on any atom is 0.410 e. The fourth-order valence-electron chi connectivity index (χ4n) is 5.74. The lowest BCUT2D eigenvalue weighted by atomic mass is 10.0. The Morgan fingerprint density at radius 3 is 2.67 bits per heavy atom. The van der Waals surface area contributed by atoms with Gasteiger partial charge in [-0.1, -0.05) is 0 Å². The molecule has 10 nitrogen and oxygen atoms in total. The van der Waals surface area contributed by atoms with Gasteiger partial charge in [0.1, 0.15) is 29.2 Å². The molecule has 0 saturated carbocycles. The third-order valence-electron chi connectivity index (χ3n) is 7.77. The normalized spacial score (nSPS) is 21.5. The molecule has 1 N–H and O–H groups in total. The molecule has 1 aromatic carbocycles. The van der Waals surface area contributed by atoms with Gasteiger partial charge in [-0.05, 0) is 56.4 Å². The molecule has 0 spiro atoms. The number of amides is 3. The zero-order valence-electron chi connectivity index (χ0n) is 21.6. The maximum atomic E-state index is 14.6. The largest absolute Gasteiger partial charge is 0.444 e. The predicted octanol–water partition coefficient (Wildman–Crippen LogP) is 4.58. The molecule has 3 aliphatic rings. The Hall–Kier alpha value is -3.96. The summed E-state index contributed by atoms with van der Waals surface area (Å²) in [6, 6.07) is 4.63. The molecule has 3 saturated heterocycles. The van der Waals surface area contributed by atoms with Gasteiger partial charge in [-0.15, -0.1) is 0 Å². The number of hydrogen-bond acceptors (Lipinski definition) is 6. The minimum Gasteiger partial charge on any atom is -0.444 e. The molecule has 2 atom stereocenters. The number of hydrogen-bond donors (Lipinski definition) is 1. The highest BCUT2D eigenvalue weighted by molar-refractivity contribution is 5.93. The molecule has 0 radical (unpaired) electrons. The van der Waals surface area contributed by atoms with Gasteiger partial charge in [0.15, 0.2) is 5.65 Å². The van der Waals surface area contributed by atoms with E-state index in [-0.39, 0.29) is 24.3 Å². The van der Waals surface area contributed by atoms with Crippen LogP contribution in [0.2, 0.25) is 0 Å². The molecule has 2 aromatic heterocycles. The smallest absolute Gasteiger partial charge is 0.410 e. The average molecular weight is 540 g/mol. The molecule has 5 heterocycles. The summed E-state index contributed by atoms with van der Waals surface area (Å²) in [5.41, 5.74) is 1.18. The average Bonchev–Trinajstić information content (AvgIpc) is 3.71. The summed E-state index contributed by atoms with van der Waals surface area (Å²) in [6.45, 7) is 2.86. The van der Waals surface area contributed by atoms with Crippen molar-refractivity contribution in [3.05, 3.63) is 53.9 Å². The number of likely N-dealkylation sites (tertiary alicyclic amines) is 2. The van der Waals surface area contributed by atoms with Crippen molar-refractivity contribution in [3.8, 4) is 0 Å². The monoisotopic (exact) mass is 539 g/mol. The maximum absolute atomic E-state index is 14.6. The van der Waals surface area contributed by atoms with Crippen molar-refractivity contribution >= 4 is 29.3 Å². The summed E-state index contributed by atoms with van der Waals surface area (Å²) in [7, 11) is 0. The first-order chi connectivity index (χ1) is 19.0. The first kappa shape index (κ1) is 25.3. The Kier molecular flexibility index (Phi) is 6.92. The Morgan fingerprint density at radius 1 is 0.974 bits per heavy atom. The van der Waals surface area contributed by atoms with E-state index in [9.17, 15) is 18.4 Å². The van der Waals surface area contributed by atoms with E-state index in [1.165, 1.54) is 12.3 Å². The van der Waals surface area contributed by atoms with Gasteiger partial charge in [-0.3, -0.25) is 0 Å². The third kappa shape index (κ3) is 5.19. The predicted molar refractivity (Wildman–Crippen MR) is 140 cm³/mol. The molecule has 3 amide bonds. The zero-order valence-corrected chi connectivity index (χ0v) is 21.6. The van der Waals surface area contributed by atoms with Crippen LogP contribution in [-0.4, -0.2) is 75.3 Å². The summed E-state index contributed by atoms with van der Waals surface area (Å²) in [5, 5.41) is 7.18. The lowest BCUT2D eigenvalue weighted by Gasteiger charge is -2.27. The van der Waals surface area contributed by atoms with E-state index in [1.54, 1.807) is 26.6 Å². The molecule has 0 bridgehead atoms. The molecule has 12 heteroatoms. The van der Waals surface area contributed by atoms with Gasteiger partial charge in [-0.2, -0.15) is 5.10 Å². The molecule has 3 aliphatic heterocycles. The highest BCUT2D eigenvalue weighted by Crippen LogP contribution is 2.37. The second-order valence-electron chi connectivity index (χ2n) is 10.3. The van der Waals surface area contributed by atoms with E-state index in [2.05, 4.69) is 10.4 Å². The minimum atomic E-state index is -0.479. The number of halogens is 2. The quantitative estimate of drug-likeness (QED) is 0.522. The molecule has 3 fully saturated rings.